The van der Waals surface area contributed by atoms with Gasteiger partial charge >= 0.3 is 11.8 Å². The highest BCUT2D eigenvalue weighted by Gasteiger charge is 2.16. The minimum Gasteiger partial charge on any atom is -0.391 e. The highest BCUT2D eigenvalue weighted by molar-refractivity contribution is 5.52. The molecule has 0 amide bonds. The summed E-state index contributed by atoms with van der Waals surface area (Å²) < 4.78 is 0. The number of aromatic nitrogens is 2. The van der Waals surface area contributed by atoms with E-state index in [9.17, 15) is 15.0 Å². The lowest BCUT2D eigenvalue weighted by atomic mass is 10.5. The van der Waals surface area contributed by atoms with Crippen LogP contribution in [0.15, 0.2) is 11.4 Å². The fraction of sp³-hybridized carbons (Fsp3) is 0. The summed E-state index contributed by atoms with van der Waals surface area (Å²) >= 11 is 0. The molecule has 0 bridgehead atoms. The van der Waals surface area contributed by atoms with E-state index in [0.717, 1.165) is 6.20 Å². The number of nitrogens with two attached hydrogens (primary N) is 1. The monoisotopic (exact) mass is 169 g/mol. The average molecular weight is 169 g/mol. The third-order valence-corrected chi connectivity index (χ3v) is 1.04. The maximum atomic E-state index is 10.2. The van der Waals surface area contributed by atoms with Crippen LogP contribution in [-0.4, -0.2) is 14.9 Å². The smallest absolute Gasteiger partial charge is 0.391 e. The SMILES string of the molecule is Nc1cnc(N=O)nc1[N+](=O)[O-]. The standard InChI is InChI=1S/C4H3N5O3/c5-2-1-6-4(8-10)7-3(2)9(11)12/h1H,5H2. The summed E-state index contributed by atoms with van der Waals surface area (Å²) in [5.41, 5.74) is 4.93. The van der Waals surface area contributed by atoms with Crippen LogP contribution >= 0.6 is 0 Å². The molecule has 12 heavy (non-hydrogen) atoms. The third kappa shape index (κ3) is 1.31. The summed E-state index contributed by atoms with van der Waals surface area (Å²) in [6, 6.07) is 0. The average Bonchev–Trinajstić information content (AvgIpc) is 2.05. The van der Waals surface area contributed by atoms with E-state index in [1.165, 1.54) is 0 Å². The Morgan fingerprint density at radius 3 is 2.83 bits per heavy atom. The number of rotatable bonds is 2. The number of nitrogens with zero attached hydrogens (tertiary/aromatic N) is 4. The molecule has 0 spiro atoms. The van der Waals surface area contributed by atoms with Gasteiger partial charge in [-0.2, -0.15) is 4.98 Å². The van der Waals surface area contributed by atoms with Crippen LogP contribution in [0.5, 0.6) is 0 Å². The zero-order chi connectivity index (χ0) is 9.14. The van der Waals surface area contributed by atoms with Crippen molar-refractivity contribution in [1.29, 1.82) is 0 Å². The van der Waals surface area contributed by atoms with E-state index in [1.54, 1.807) is 0 Å². The van der Waals surface area contributed by atoms with E-state index in [0.29, 0.717) is 0 Å². The molecule has 1 heterocycles. The van der Waals surface area contributed by atoms with Gasteiger partial charge in [-0.05, 0) is 4.92 Å². The minimum absolute atomic E-state index is 0.201. The zero-order valence-electron chi connectivity index (χ0n) is 5.67. The Balaban J connectivity index is 3.25. The number of nitroso groups, excluding NO2 is 1. The minimum atomic E-state index is -0.814. The van der Waals surface area contributed by atoms with E-state index in [4.69, 9.17) is 5.73 Å². The number of anilines is 1. The third-order valence-electron chi connectivity index (χ3n) is 1.04. The predicted octanol–water partition coefficient (Wildman–Crippen LogP) is 0.365. The Labute approximate surface area is 65.6 Å². The quantitative estimate of drug-likeness (QED) is 0.387. The molecule has 0 saturated heterocycles. The van der Waals surface area contributed by atoms with Gasteiger partial charge in [-0.3, -0.25) is 0 Å². The molecule has 0 atom stereocenters. The van der Waals surface area contributed by atoms with Gasteiger partial charge in [0, 0.05) is 10.2 Å². The molecule has 0 unspecified atom stereocenters. The fourth-order valence-electron chi connectivity index (χ4n) is 0.563. The van der Waals surface area contributed by atoms with Gasteiger partial charge in [-0.25, -0.2) is 0 Å². The van der Waals surface area contributed by atoms with Crippen molar-refractivity contribution in [2.24, 2.45) is 5.18 Å². The second kappa shape index (κ2) is 2.86. The maximum Gasteiger partial charge on any atom is 0.402 e. The van der Waals surface area contributed by atoms with Gasteiger partial charge in [0.25, 0.3) is 0 Å². The van der Waals surface area contributed by atoms with E-state index in [1.807, 2.05) is 0 Å². The molecular formula is C4H3N5O3. The van der Waals surface area contributed by atoms with Crippen LogP contribution in [-0.2, 0) is 0 Å². The largest absolute Gasteiger partial charge is 0.402 e. The number of hydrogen-bond donors (Lipinski definition) is 1. The maximum absolute atomic E-state index is 10.2. The molecule has 1 aromatic rings. The molecule has 8 heteroatoms. The zero-order valence-corrected chi connectivity index (χ0v) is 5.67. The van der Waals surface area contributed by atoms with Crippen LogP contribution in [0.4, 0.5) is 17.5 Å². The molecule has 0 saturated carbocycles. The molecule has 1 rings (SSSR count). The van der Waals surface area contributed by atoms with Gasteiger partial charge in [-0.1, -0.05) is 0 Å². The van der Waals surface area contributed by atoms with Gasteiger partial charge in [0.15, 0.2) is 0 Å². The molecule has 0 aliphatic heterocycles. The van der Waals surface area contributed by atoms with Gasteiger partial charge in [0.05, 0.1) is 6.20 Å². The summed E-state index contributed by atoms with van der Waals surface area (Å²) in [4.78, 5) is 25.7. The van der Waals surface area contributed by atoms with Crippen LogP contribution in [0.3, 0.4) is 0 Å². The molecule has 0 radical (unpaired) electrons. The van der Waals surface area contributed by atoms with Crippen molar-refractivity contribution < 1.29 is 4.92 Å². The van der Waals surface area contributed by atoms with Gasteiger partial charge < -0.3 is 15.8 Å². The summed E-state index contributed by atoms with van der Waals surface area (Å²) in [5.74, 6) is -1.12. The van der Waals surface area contributed by atoms with Crippen molar-refractivity contribution in [1.82, 2.24) is 9.97 Å². The van der Waals surface area contributed by atoms with Gasteiger partial charge in [-0.15, -0.1) is 4.91 Å². The Hall–Kier alpha value is -2.12. The van der Waals surface area contributed by atoms with Crippen LogP contribution < -0.4 is 5.73 Å². The topological polar surface area (TPSA) is 124 Å². The molecule has 0 aromatic carbocycles. The first-order chi connectivity index (χ1) is 5.65. The molecule has 0 aliphatic carbocycles. The number of hydrogen-bond acceptors (Lipinski definition) is 7. The predicted molar refractivity (Wildman–Crippen MR) is 38.6 cm³/mol. The summed E-state index contributed by atoms with van der Waals surface area (Å²) in [7, 11) is 0. The number of nitro groups is 1. The molecule has 1 aromatic heterocycles. The Morgan fingerprint density at radius 1 is 1.67 bits per heavy atom. The summed E-state index contributed by atoms with van der Waals surface area (Å²) in [6.45, 7) is 0. The first-order valence-corrected chi connectivity index (χ1v) is 2.75. The van der Waals surface area contributed by atoms with Crippen molar-refractivity contribution in [3.8, 4) is 0 Å². The normalized spacial score (nSPS) is 9.33. The van der Waals surface area contributed by atoms with E-state index >= 15 is 0 Å². The molecular weight excluding hydrogens is 166 g/mol. The highest BCUT2D eigenvalue weighted by atomic mass is 16.6. The molecule has 0 fully saturated rings. The van der Waals surface area contributed by atoms with E-state index < -0.39 is 16.7 Å². The fourth-order valence-corrected chi connectivity index (χ4v) is 0.563. The molecule has 2 N–H and O–H groups in total. The lowest BCUT2D eigenvalue weighted by Gasteiger charge is -1.93. The molecule has 62 valence electrons. The summed E-state index contributed by atoms with van der Waals surface area (Å²) in [6.07, 6.45) is 0.960. The van der Waals surface area contributed by atoms with Crippen molar-refractivity contribution in [2.45, 2.75) is 0 Å². The Bertz CT molecular complexity index is 337. The second-order valence-electron chi connectivity index (χ2n) is 1.80. The molecule has 0 aliphatic rings. The Morgan fingerprint density at radius 2 is 2.33 bits per heavy atom. The van der Waals surface area contributed by atoms with Crippen LogP contribution in [0.1, 0.15) is 0 Å². The van der Waals surface area contributed by atoms with E-state index in [2.05, 4.69) is 15.1 Å². The van der Waals surface area contributed by atoms with Crippen molar-refractivity contribution in [2.75, 3.05) is 5.73 Å². The first kappa shape index (κ1) is 7.98. The van der Waals surface area contributed by atoms with Crippen LogP contribution in [0, 0.1) is 15.0 Å². The van der Waals surface area contributed by atoms with Crippen LogP contribution in [0.25, 0.3) is 0 Å². The van der Waals surface area contributed by atoms with Crippen LogP contribution in [0.2, 0.25) is 0 Å². The van der Waals surface area contributed by atoms with Gasteiger partial charge in [0.2, 0.25) is 0 Å². The van der Waals surface area contributed by atoms with E-state index in [-0.39, 0.29) is 5.69 Å². The highest BCUT2D eigenvalue weighted by Crippen LogP contribution is 2.18. The first-order valence-electron chi connectivity index (χ1n) is 2.75. The lowest BCUT2D eigenvalue weighted by molar-refractivity contribution is -0.388. The molecule has 8 nitrogen and oxygen atoms in total. The Kier molecular flexibility index (Phi) is 1.90. The summed E-state index contributed by atoms with van der Waals surface area (Å²) in [5, 5.41) is 12.5. The van der Waals surface area contributed by atoms with Crippen molar-refractivity contribution in [3.05, 3.63) is 21.2 Å². The lowest BCUT2D eigenvalue weighted by Crippen LogP contribution is -1.99. The van der Waals surface area contributed by atoms with Crippen molar-refractivity contribution >= 4 is 17.5 Å². The van der Waals surface area contributed by atoms with Gasteiger partial charge in [0.1, 0.15) is 5.69 Å². The number of nitrogen functional groups attached to an aromatic ring is 1. The second-order valence-corrected chi connectivity index (χ2v) is 1.80. The van der Waals surface area contributed by atoms with Crippen molar-refractivity contribution in [3.63, 3.8) is 0 Å².